The maximum atomic E-state index is 11.3. The first-order valence-corrected chi connectivity index (χ1v) is 10.9. The Hall–Kier alpha value is -2.43. The van der Waals surface area contributed by atoms with Gasteiger partial charge in [0.15, 0.2) is 16.6 Å². The summed E-state index contributed by atoms with van der Waals surface area (Å²) in [5.74, 6) is 0.654. The van der Waals surface area contributed by atoms with E-state index in [1.54, 1.807) is 39.5 Å². The van der Waals surface area contributed by atoms with E-state index < -0.39 is 5.97 Å². The van der Waals surface area contributed by atoms with Gasteiger partial charge in [-0.1, -0.05) is 0 Å². The average Bonchev–Trinajstić information content (AvgIpc) is 3.33. The molecule has 0 spiro atoms. The van der Waals surface area contributed by atoms with E-state index in [1.165, 1.54) is 34.4 Å². The van der Waals surface area contributed by atoms with Crippen molar-refractivity contribution in [3.63, 3.8) is 0 Å². The number of hydrogen-bond donors (Lipinski definition) is 2. The van der Waals surface area contributed by atoms with Crippen molar-refractivity contribution < 1.29 is 24.1 Å². The molecule has 0 saturated carbocycles. The summed E-state index contributed by atoms with van der Waals surface area (Å²) in [5, 5.41) is 15.0. The third-order valence-corrected chi connectivity index (χ3v) is 6.81. The maximum Gasteiger partial charge on any atom is 0.345 e. The molecule has 0 atom stereocenters. The molecule has 0 saturated heterocycles. The molecule has 0 fully saturated rings. The second-order valence-electron chi connectivity index (χ2n) is 5.40. The largest absolute Gasteiger partial charge is 0.493 e. The molecule has 2 N–H and O–H groups in total. The molecule has 10 heteroatoms. The van der Waals surface area contributed by atoms with Gasteiger partial charge in [0.05, 0.1) is 31.2 Å². The average molecular weight is 439 g/mol. The van der Waals surface area contributed by atoms with Crippen LogP contribution in [0.5, 0.6) is 17.2 Å². The van der Waals surface area contributed by atoms with Crippen molar-refractivity contribution in [2.24, 2.45) is 0 Å². The van der Waals surface area contributed by atoms with Gasteiger partial charge in [0.2, 0.25) is 5.75 Å². The smallest absolute Gasteiger partial charge is 0.345 e. The fraction of sp³-hybridized carbons (Fsp3) is 0.222. The summed E-state index contributed by atoms with van der Waals surface area (Å²) < 4.78 is 17.0. The molecular formula is C18H18N2O5S3. The molecule has 3 rings (SSSR count). The van der Waals surface area contributed by atoms with E-state index in [2.05, 4.69) is 10.3 Å². The summed E-state index contributed by atoms with van der Waals surface area (Å²) in [7, 11) is 4.67. The van der Waals surface area contributed by atoms with Gasteiger partial charge in [0.25, 0.3) is 0 Å². The van der Waals surface area contributed by atoms with Crippen LogP contribution < -0.4 is 19.5 Å². The molecule has 0 bridgehead atoms. The number of ether oxygens (including phenoxy) is 3. The number of thiophene rings is 1. The fourth-order valence-corrected chi connectivity index (χ4v) is 5.00. The van der Waals surface area contributed by atoms with Crippen LogP contribution >= 0.6 is 34.4 Å². The zero-order valence-corrected chi connectivity index (χ0v) is 18.0. The van der Waals surface area contributed by atoms with Crippen LogP contribution in [0.4, 0.5) is 10.8 Å². The molecule has 0 aliphatic heterocycles. The van der Waals surface area contributed by atoms with Gasteiger partial charge < -0.3 is 24.6 Å². The highest BCUT2D eigenvalue weighted by molar-refractivity contribution is 8.00. The van der Waals surface area contributed by atoms with Gasteiger partial charge in [-0.05, 0) is 12.3 Å². The lowest BCUT2D eigenvalue weighted by molar-refractivity contribution is 0.0702. The standard InChI is InChI=1S/C18H18N2O5S3/c1-23-12-5-9(6-13(24-2)15(12)25-3)19-18-20-11(8-27-18)10-7-14(16(21)22)28-17(10)26-4/h5-8H,1-4H3,(H,19,20)(H,21,22). The van der Waals surface area contributed by atoms with E-state index >= 15 is 0 Å². The van der Waals surface area contributed by atoms with E-state index in [0.29, 0.717) is 27.3 Å². The highest BCUT2D eigenvalue weighted by atomic mass is 32.2. The molecule has 0 aliphatic carbocycles. The Balaban J connectivity index is 1.91. The van der Waals surface area contributed by atoms with Crippen LogP contribution in [0.25, 0.3) is 11.3 Å². The molecule has 2 heterocycles. The number of carboxylic acids is 1. The van der Waals surface area contributed by atoms with Crippen molar-refractivity contribution in [1.29, 1.82) is 0 Å². The van der Waals surface area contributed by atoms with E-state index in [0.717, 1.165) is 21.2 Å². The molecule has 1 aromatic carbocycles. The minimum Gasteiger partial charge on any atom is -0.493 e. The normalized spacial score (nSPS) is 10.6. The van der Waals surface area contributed by atoms with Gasteiger partial charge in [-0.15, -0.1) is 34.4 Å². The number of benzene rings is 1. The van der Waals surface area contributed by atoms with Gasteiger partial charge in [-0.3, -0.25) is 0 Å². The number of rotatable bonds is 8. The van der Waals surface area contributed by atoms with Crippen LogP contribution in [-0.4, -0.2) is 43.6 Å². The van der Waals surface area contributed by atoms with Gasteiger partial charge in [-0.2, -0.15) is 0 Å². The van der Waals surface area contributed by atoms with E-state index in [-0.39, 0.29) is 0 Å². The minimum absolute atomic E-state index is 0.298. The van der Waals surface area contributed by atoms with E-state index in [1.807, 2.05) is 11.6 Å². The zero-order valence-electron chi connectivity index (χ0n) is 15.6. The van der Waals surface area contributed by atoms with Crippen molar-refractivity contribution in [1.82, 2.24) is 4.98 Å². The quantitative estimate of drug-likeness (QED) is 0.472. The van der Waals surface area contributed by atoms with Gasteiger partial charge in [0, 0.05) is 28.8 Å². The predicted molar refractivity (Wildman–Crippen MR) is 114 cm³/mol. The van der Waals surface area contributed by atoms with Gasteiger partial charge >= 0.3 is 5.97 Å². The van der Waals surface area contributed by atoms with Crippen LogP contribution in [-0.2, 0) is 0 Å². The number of methoxy groups -OCH3 is 3. The number of hydrogen-bond acceptors (Lipinski definition) is 9. The minimum atomic E-state index is -0.933. The number of carbonyl (C=O) groups is 1. The summed E-state index contributed by atoms with van der Waals surface area (Å²) in [5.41, 5.74) is 2.29. The lowest BCUT2D eigenvalue weighted by Crippen LogP contribution is -1.97. The lowest BCUT2D eigenvalue weighted by atomic mass is 10.2. The number of carboxylic acid groups (broad SMARTS) is 1. The monoisotopic (exact) mass is 438 g/mol. The van der Waals surface area contributed by atoms with Crippen LogP contribution in [0.2, 0.25) is 0 Å². The zero-order chi connectivity index (χ0) is 20.3. The Labute approximate surface area is 174 Å². The molecule has 0 unspecified atom stereocenters. The SMILES string of the molecule is COc1cc(Nc2nc(-c3cc(C(=O)O)sc3SC)cs2)cc(OC)c1OC. The van der Waals surface area contributed by atoms with Crippen LogP contribution in [0.1, 0.15) is 9.67 Å². The van der Waals surface area contributed by atoms with Crippen molar-refractivity contribution in [2.75, 3.05) is 32.9 Å². The molecule has 0 aliphatic rings. The molecule has 3 aromatic rings. The van der Waals surface area contributed by atoms with Crippen molar-refractivity contribution in [3.05, 3.63) is 28.5 Å². The Bertz CT molecular complexity index is 974. The van der Waals surface area contributed by atoms with Crippen molar-refractivity contribution in [3.8, 4) is 28.5 Å². The number of aromatic carboxylic acids is 1. The fourth-order valence-electron chi connectivity index (χ4n) is 2.54. The molecule has 0 radical (unpaired) electrons. The second-order valence-corrected chi connectivity index (χ2v) is 8.38. The summed E-state index contributed by atoms with van der Waals surface area (Å²) in [6.07, 6.45) is 1.92. The summed E-state index contributed by atoms with van der Waals surface area (Å²) in [6.45, 7) is 0. The van der Waals surface area contributed by atoms with Crippen molar-refractivity contribution >= 4 is 51.2 Å². The predicted octanol–water partition coefficient (Wildman–Crippen LogP) is 5.06. The lowest BCUT2D eigenvalue weighted by Gasteiger charge is -2.14. The number of thiazole rings is 1. The van der Waals surface area contributed by atoms with Crippen LogP contribution in [0.15, 0.2) is 27.8 Å². The van der Waals surface area contributed by atoms with Gasteiger partial charge in [-0.25, -0.2) is 9.78 Å². The first-order valence-electron chi connectivity index (χ1n) is 7.94. The summed E-state index contributed by atoms with van der Waals surface area (Å²) in [6, 6.07) is 5.25. The molecular weight excluding hydrogens is 420 g/mol. The third kappa shape index (κ3) is 4.03. The number of nitrogens with one attached hydrogen (secondary N) is 1. The summed E-state index contributed by atoms with van der Waals surface area (Å²) in [4.78, 5) is 16.2. The van der Waals surface area contributed by atoms with E-state index in [4.69, 9.17) is 14.2 Å². The first-order chi connectivity index (χ1) is 13.5. The number of aromatic nitrogens is 1. The van der Waals surface area contributed by atoms with Crippen molar-refractivity contribution in [2.45, 2.75) is 4.21 Å². The van der Waals surface area contributed by atoms with Crippen LogP contribution in [0, 0.1) is 0 Å². The van der Waals surface area contributed by atoms with Gasteiger partial charge in [0.1, 0.15) is 4.88 Å². The third-order valence-electron chi connectivity index (χ3n) is 3.79. The number of thioether (sulfide) groups is 1. The first kappa shape index (κ1) is 20.3. The van der Waals surface area contributed by atoms with E-state index in [9.17, 15) is 9.90 Å². The molecule has 148 valence electrons. The Morgan fingerprint density at radius 1 is 1.14 bits per heavy atom. The molecule has 28 heavy (non-hydrogen) atoms. The highest BCUT2D eigenvalue weighted by Crippen LogP contribution is 2.42. The number of nitrogens with zero attached hydrogens (tertiary/aromatic N) is 1. The highest BCUT2D eigenvalue weighted by Gasteiger charge is 2.18. The van der Waals surface area contributed by atoms with Crippen LogP contribution in [0.3, 0.4) is 0 Å². The topological polar surface area (TPSA) is 89.9 Å². The second kappa shape index (κ2) is 8.72. The number of anilines is 2. The summed E-state index contributed by atoms with van der Waals surface area (Å²) >= 11 is 4.18. The Morgan fingerprint density at radius 3 is 2.36 bits per heavy atom. The Kier molecular flexibility index (Phi) is 6.32. The molecule has 7 nitrogen and oxygen atoms in total. The Morgan fingerprint density at radius 2 is 1.82 bits per heavy atom. The molecule has 0 amide bonds. The molecule has 2 aromatic heterocycles. The maximum absolute atomic E-state index is 11.3.